The predicted molar refractivity (Wildman–Crippen MR) is 115 cm³/mol. The van der Waals surface area contributed by atoms with Crippen molar-refractivity contribution in [1.82, 2.24) is 9.78 Å². The molecule has 0 saturated heterocycles. The minimum atomic E-state index is -0.447. The van der Waals surface area contributed by atoms with Gasteiger partial charge in [-0.25, -0.2) is 4.39 Å². The van der Waals surface area contributed by atoms with Crippen molar-refractivity contribution in [1.29, 1.82) is 0 Å². The molecule has 31 heavy (non-hydrogen) atoms. The zero-order valence-corrected chi connectivity index (χ0v) is 17.5. The first-order valence-electron chi connectivity index (χ1n) is 9.22. The first-order chi connectivity index (χ1) is 15.0. The molecule has 1 amide bonds. The van der Waals surface area contributed by atoms with Crippen LogP contribution in [0.5, 0.6) is 5.75 Å². The van der Waals surface area contributed by atoms with Gasteiger partial charge in [-0.2, -0.15) is 5.10 Å². The largest absolute Gasteiger partial charge is 0.484 e. The van der Waals surface area contributed by atoms with Gasteiger partial charge >= 0.3 is 0 Å². The highest BCUT2D eigenvalue weighted by molar-refractivity contribution is 6.42. The van der Waals surface area contributed by atoms with Crippen LogP contribution in [0, 0.1) is 5.82 Å². The Balaban J connectivity index is 1.35. The summed E-state index contributed by atoms with van der Waals surface area (Å²) >= 11 is 12.0. The maximum absolute atomic E-state index is 13.8. The van der Waals surface area contributed by atoms with Crippen molar-refractivity contribution < 1.29 is 18.3 Å². The first kappa shape index (κ1) is 21.0. The smallest absolute Gasteiger partial charge is 0.291 e. The van der Waals surface area contributed by atoms with E-state index in [2.05, 4.69) is 10.4 Å². The van der Waals surface area contributed by atoms with E-state index in [9.17, 15) is 9.18 Å². The van der Waals surface area contributed by atoms with E-state index in [1.165, 1.54) is 23.0 Å². The average Bonchev–Trinajstić information content (AvgIpc) is 3.40. The van der Waals surface area contributed by atoms with E-state index in [-0.39, 0.29) is 24.7 Å². The number of nitrogens with zero attached hydrogens (tertiary/aromatic N) is 2. The number of aromatic nitrogens is 2. The topological polar surface area (TPSA) is 69.3 Å². The molecule has 158 valence electrons. The molecule has 0 fully saturated rings. The van der Waals surface area contributed by atoms with Crippen LogP contribution in [0.1, 0.15) is 21.9 Å². The first-order valence-corrected chi connectivity index (χ1v) is 9.98. The number of ether oxygens (including phenoxy) is 1. The van der Waals surface area contributed by atoms with Crippen LogP contribution in [0.3, 0.4) is 0 Å². The number of carbonyl (C=O) groups excluding carboxylic acids is 1. The van der Waals surface area contributed by atoms with Gasteiger partial charge in [-0.3, -0.25) is 9.48 Å². The van der Waals surface area contributed by atoms with Gasteiger partial charge < -0.3 is 14.5 Å². The molecule has 6 nitrogen and oxygen atoms in total. The van der Waals surface area contributed by atoms with Gasteiger partial charge in [0.15, 0.2) is 5.76 Å². The van der Waals surface area contributed by atoms with Crippen molar-refractivity contribution in [2.24, 2.45) is 0 Å². The summed E-state index contributed by atoms with van der Waals surface area (Å²) in [7, 11) is 0. The minimum Gasteiger partial charge on any atom is -0.484 e. The number of halogens is 3. The maximum Gasteiger partial charge on any atom is 0.291 e. The van der Waals surface area contributed by atoms with Crippen molar-refractivity contribution >= 4 is 34.8 Å². The second kappa shape index (κ2) is 9.24. The van der Waals surface area contributed by atoms with Crippen LogP contribution in [0.4, 0.5) is 10.1 Å². The minimum absolute atomic E-state index is 0.0773. The summed E-state index contributed by atoms with van der Waals surface area (Å²) in [5.74, 6) is 0.207. The van der Waals surface area contributed by atoms with Crippen molar-refractivity contribution in [3.05, 3.63) is 99.9 Å². The van der Waals surface area contributed by atoms with E-state index in [0.29, 0.717) is 32.8 Å². The van der Waals surface area contributed by atoms with Gasteiger partial charge in [-0.05, 0) is 30.3 Å². The molecular formula is C22H16Cl2FN3O3. The zero-order chi connectivity index (χ0) is 21.8. The molecule has 4 rings (SSSR count). The molecule has 2 aromatic carbocycles. The molecule has 1 N–H and O–H groups in total. The number of nitrogens with one attached hydrogen (secondary N) is 1. The molecule has 0 atom stereocenters. The van der Waals surface area contributed by atoms with E-state index in [1.807, 2.05) is 0 Å². The molecule has 0 unspecified atom stereocenters. The van der Waals surface area contributed by atoms with E-state index in [1.54, 1.807) is 48.7 Å². The van der Waals surface area contributed by atoms with Crippen molar-refractivity contribution in [3.8, 4) is 5.75 Å². The standard InChI is InChI=1S/C22H16Cl2FN3O3/c23-17-5-3-7-19(21(17)24)30-13-16-8-9-20(31-16)22(29)27-15-10-26-28(12-15)11-14-4-1-2-6-18(14)25/h1-10,12H,11,13H2,(H,27,29). The Labute approximate surface area is 187 Å². The Morgan fingerprint density at radius 1 is 1.13 bits per heavy atom. The second-order valence-corrected chi connectivity index (χ2v) is 7.36. The van der Waals surface area contributed by atoms with Gasteiger partial charge in [0.05, 0.1) is 23.5 Å². The van der Waals surface area contributed by atoms with Crippen LogP contribution in [0.2, 0.25) is 10.0 Å². The highest BCUT2D eigenvalue weighted by Gasteiger charge is 2.14. The summed E-state index contributed by atoms with van der Waals surface area (Å²) in [6.45, 7) is 0.324. The summed E-state index contributed by atoms with van der Waals surface area (Å²) in [6, 6.07) is 14.7. The van der Waals surface area contributed by atoms with Gasteiger partial charge in [0.25, 0.3) is 5.91 Å². The predicted octanol–water partition coefficient (Wildman–Crippen LogP) is 5.80. The number of anilines is 1. The van der Waals surface area contributed by atoms with Gasteiger partial charge in [0.2, 0.25) is 0 Å². The Kier molecular flexibility index (Phi) is 6.25. The number of furan rings is 1. The lowest BCUT2D eigenvalue weighted by molar-refractivity contribution is 0.0992. The van der Waals surface area contributed by atoms with Crippen molar-refractivity contribution in [2.45, 2.75) is 13.2 Å². The molecule has 0 bridgehead atoms. The van der Waals surface area contributed by atoms with Crippen molar-refractivity contribution in [3.63, 3.8) is 0 Å². The summed E-state index contributed by atoms with van der Waals surface area (Å²) in [4.78, 5) is 12.4. The third kappa shape index (κ3) is 5.07. The number of hydrogen-bond acceptors (Lipinski definition) is 4. The molecule has 0 saturated carbocycles. The Morgan fingerprint density at radius 2 is 1.97 bits per heavy atom. The van der Waals surface area contributed by atoms with Crippen LogP contribution in [0.25, 0.3) is 0 Å². The van der Waals surface area contributed by atoms with Gasteiger partial charge in [0.1, 0.15) is 29.0 Å². The van der Waals surface area contributed by atoms with Gasteiger partial charge in [-0.15, -0.1) is 0 Å². The number of hydrogen-bond donors (Lipinski definition) is 1. The summed E-state index contributed by atoms with van der Waals surface area (Å²) in [5, 5.41) is 7.53. The summed E-state index contributed by atoms with van der Waals surface area (Å²) in [5.41, 5.74) is 0.959. The monoisotopic (exact) mass is 459 g/mol. The number of rotatable bonds is 7. The Bertz CT molecular complexity index is 1220. The molecule has 4 aromatic rings. The number of amides is 1. The van der Waals surface area contributed by atoms with Crippen molar-refractivity contribution in [2.75, 3.05) is 5.32 Å². The Hall–Kier alpha value is -3.29. The molecule has 2 heterocycles. The molecule has 0 spiro atoms. The fourth-order valence-electron chi connectivity index (χ4n) is 2.83. The highest BCUT2D eigenvalue weighted by atomic mass is 35.5. The van der Waals surface area contributed by atoms with E-state index in [4.69, 9.17) is 32.4 Å². The van der Waals surface area contributed by atoms with Gasteiger partial charge in [0, 0.05) is 11.8 Å². The van der Waals surface area contributed by atoms with E-state index in [0.717, 1.165) is 0 Å². The van der Waals surface area contributed by atoms with Crippen LogP contribution < -0.4 is 10.1 Å². The number of carbonyl (C=O) groups is 1. The SMILES string of the molecule is O=C(Nc1cnn(Cc2ccccc2F)c1)c1ccc(COc2cccc(Cl)c2Cl)o1. The van der Waals surface area contributed by atoms with Gasteiger partial charge in [-0.1, -0.05) is 47.5 Å². The molecule has 9 heteroatoms. The molecule has 0 aliphatic rings. The number of benzene rings is 2. The lowest BCUT2D eigenvalue weighted by Crippen LogP contribution is -2.10. The van der Waals surface area contributed by atoms with Crippen LogP contribution in [-0.2, 0) is 13.2 Å². The molecule has 0 radical (unpaired) electrons. The fraction of sp³-hybridized carbons (Fsp3) is 0.0909. The van der Waals surface area contributed by atoms with Crippen LogP contribution >= 0.6 is 23.2 Å². The molecule has 2 aromatic heterocycles. The molecule has 0 aliphatic heterocycles. The van der Waals surface area contributed by atoms with Crippen LogP contribution in [0.15, 0.2) is 71.4 Å². The quantitative estimate of drug-likeness (QED) is 0.379. The normalized spacial score (nSPS) is 10.8. The Morgan fingerprint density at radius 3 is 2.81 bits per heavy atom. The lowest BCUT2D eigenvalue weighted by atomic mass is 10.2. The second-order valence-electron chi connectivity index (χ2n) is 6.58. The van der Waals surface area contributed by atoms with Crippen LogP contribution in [-0.4, -0.2) is 15.7 Å². The van der Waals surface area contributed by atoms with E-state index >= 15 is 0 Å². The lowest BCUT2D eigenvalue weighted by Gasteiger charge is -2.07. The fourth-order valence-corrected chi connectivity index (χ4v) is 3.18. The maximum atomic E-state index is 13.8. The summed E-state index contributed by atoms with van der Waals surface area (Å²) < 4.78 is 26.4. The zero-order valence-electron chi connectivity index (χ0n) is 16.0. The average molecular weight is 460 g/mol. The van der Waals surface area contributed by atoms with E-state index < -0.39 is 5.91 Å². The molecule has 0 aliphatic carbocycles. The third-order valence-electron chi connectivity index (χ3n) is 4.35. The summed E-state index contributed by atoms with van der Waals surface area (Å²) in [6.07, 6.45) is 3.09. The third-order valence-corrected chi connectivity index (χ3v) is 5.15. The highest BCUT2D eigenvalue weighted by Crippen LogP contribution is 2.32. The molecular weight excluding hydrogens is 444 g/mol.